The minimum Gasteiger partial charge on any atom is -0.508 e. The highest BCUT2D eigenvalue weighted by Crippen LogP contribution is 2.63. The summed E-state index contributed by atoms with van der Waals surface area (Å²) < 4.78 is 0. The van der Waals surface area contributed by atoms with Crippen molar-refractivity contribution < 1.29 is 29.2 Å². The Balaban J connectivity index is 1.33. The molecule has 8 rings (SSSR count). The molecule has 0 aromatic heterocycles. The fourth-order valence-electron chi connectivity index (χ4n) is 9.09. The molecule has 9 nitrogen and oxygen atoms in total. The molecule has 1 N–H and O–H groups in total. The summed E-state index contributed by atoms with van der Waals surface area (Å²) in [5, 5.41) is 21.8. The molecule has 0 spiro atoms. The molecule has 9 heteroatoms. The summed E-state index contributed by atoms with van der Waals surface area (Å²) >= 11 is 0. The second kappa shape index (κ2) is 11.6. The van der Waals surface area contributed by atoms with Gasteiger partial charge < -0.3 is 5.11 Å². The van der Waals surface area contributed by atoms with Gasteiger partial charge in [0.15, 0.2) is 11.6 Å². The summed E-state index contributed by atoms with van der Waals surface area (Å²) in [5.41, 5.74) is 2.51. The van der Waals surface area contributed by atoms with Gasteiger partial charge in [-0.3, -0.25) is 34.2 Å². The van der Waals surface area contributed by atoms with Crippen molar-refractivity contribution in [3.05, 3.63) is 153 Å². The molecule has 50 heavy (non-hydrogen) atoms. The maximum atomic E-state index is 15.1. The lowest BCUT2D eigenvalue weighted by Gasteiger charge is -2.55. The maximum Gasteiger partial charge on any atom is 0.269 e. The Labute approximate surface area is 287 Å². The number of amides is 2. The maximum absolute atomic E-state index is 15.1. The van der Waals surface area contributed by atoms with Crippen LogP contribution in [0.2, 0.25) is 0 Å². The van der Waals surface area contributed by atoms with Crippen LogP contribution in [0, 0.1) is 40.7 Å². The van der Waals surface area contributed by atoms with Gasteiger partial charge in [-0.25, -0.2) is 0 Å². The highest BCUT2D eigenvalue weighted by Gasteiger charge is 2.66. The predicted molar refractivity (Wildman–Crippen MR) is 185 cm³/mol. The number of imide groups is 1. The molecule has 1 saturated heterocycles. The van der Waals surface area contributed by atoms with Gasteiger partial charge in [0.05, 0.1) is 27.9 Å². The largest absolute Gasteiger partial charge is 0.508 e. The highest BCUT2D eigenvalue weighted by atomic mass is 16.6. The first-order chi connectivity index (χ1) is 24.1. The van der Waals surface area contributed by atoms with Crippen LogP contribution in [0.1, 0.15) is 41.0 Å². The van der Waals surface area contributed by atoms with Crippen LogP contribution in [-0.2, 0) is 24.6 Å². The smallest absolute Gasteiger partial charge is 0.269 e. The molecule has 1 saturated carbocycles. The second-order valence-electron chi connectivity index (χ2n) is 13.6. The molecule has 2 amide bonds. The number of allylic oxidation sites excluding steroid dienone is 4. The predicted octanol–water partition coefficient (Wildman–Crippen LogP) is 6.64. The Kier molecular flexibility index (Phi) is 7.25. The summed E-state index contributed by atoms with van der Waals surface area (Å²) in [4.78, 5) is 70.4. The third-order valence-corrected chi connectivity index (χ3v) is 11.2. The van der Waals surface area contributed by atoms with Crippen LogP contribution in [0.3, 0.4) is 0 Å². The quantitative estimate of drug-likeness (QED) is 0.109. The number of ketones is 2. The first-order valence-electron chi connectivity index (χ1n) is 16.7. The van der Waals surface area contributed by atoms with E-state index in [1.807, 2.05) is 60.7 Å². The third-order valence-electron chi connectivity index (χ3n) is 11.2. The van der Waals surface area contributed by atoms with Crippen molar-refractivity contribution in [2.45, 2.75) is 31.1 Å². The van der Waals surface area contributed by atoms with Crippen LogP contribution in [-0.4, -0.2) is 33.4 Å². The Hall–Kier alpha value is -5.96. The number of benzene rings is 4. The van der Waals surface area contributed by atoms with Gasteiger partial charge in [-0.1, -0.05) is 84.4 Å². The van der Waals surface area contributed by atoms with Crippen molar-refractivity contribution in [1.82, 2.24) is 0 Å². The average molecular weight is 665 g/mol. The molecule has 3 aliphatic carbocycles. The Bertz CT molecular complexity index is 2170. The zero-order chi connectivity index (χ0) is 34.9. The van der Waals surface area contributed by atoms with E-state index in [0.29, 0.717) is 22.3 Å². The summed E-state index contributed by atoms with van der Waals surface area (Å²) in [5.74, 6) is -4.77. The van der Waals surface area contributed by atoms with E-state index in [-0.39, 0.29) is 41.5 Å². The van der Waals surface area contributed by atoms with Crippen molar-refractivity contribution in [3.8, 4) is 5.75 Å². The van der Waals surface area contributed by atoms with Gasteiger partial charge in [0, 0.05) is 29.5 Å². The fourth-order valence-corrected chi connectivity index (χ4v) is 9.09. The average Bonchev–Trinajstić information content (AvgIpc) is 3.39. The van der Waals surface area contributed by atoms with Crippen LogP contribution in [0.5, 0.6) is 5.75 Å². The molecule has 248 valence electrons. The van der Waals surface area contributed by atoms with Gasteiger partial charge in [0.1, 0.15) is 5.75 Å². The Morgan fingerprint density at radius 3 is 2.18 bits per heavy atom. The molecule has 1 heterocycles. The second-order valence-corrected chi connectivity index (χ2v) is 13.6. The Morgan fingerprint density at radius 2 is 1.52 bits per heavy atom. The summed E-state index contributed by atoms with van der Waals surface area (Å²) in [7, 11) is 0. The number of non-ortho nitro benzene ring substituents is 1. The van der Waals surface area contributed by atoms with Crippen molar-refractivity contribution in [2.75, 3.05) is 4.90 Å². The van der Waals surface area contributed by atoms with Gasteiger partial charge >= 0.3 is 0 Å². The van der Waals surface area contributed by atoms with Crippen molar-refractivity contribution in [3.63, 3.8) is 0 Å². The number of nitro benzene ring substituents is 1. The van der Waals surface area contributed by atoms with E-state index in [4.69, 9.17) is 0 Å². The van der Waals surface area contributed by atoms with Gasteiger partial charge in [0.25, 0.3) is 5.69 Å². The number of Topliss-reactive ketones (excluding diaryl/α,β-unsaturated/α-hetero) is 1. The minimum atomic E-state index is -1.36. The number of aryl methyl sites for hydroxylation is 1. The van der Waals surface area contributed by atoms with Crippen molar-refractivity contribution >= 4 is 40.3 Å². The van der Waals surface area contributed by atoms with E-state index in [2.05, 4.69) is 0 Å². The van der Waals surface area contributed by atoms with E-state index >= 15 is 4.79 Å². The zero-order valence-electron chi connectivity index (χ0n) is 27.1. The molecular formula is C41H32N2O7. The van der Waals surface area contributed by atoms with Gasteiger partial charge in [0.2, 0.25) is 11.8 Å². The lowest BCUT2D eigenvalue weighted by molar-refractivity contribution is -0.384. The SMILES string of the molecule is Cc1cc([C@H]2C3=CC[C@@H]4C(=O)N(c5ccc([N+](=O)[O-])cc5)C(=O)[C@@H]4[C@@H]3C[C@H]3C(=O)C(c4ccccc4)=CC(=O)[C@@]23c2ccccc2)ccc1O. The van der Waals surface area contributed by atoms with E-state index in [1.165, 1.54) is 30.3 Å². The van der Waals surface area contributed by atoms with E-state index in [0.717, 1.165) is 16.0 Å². The van der Waals surface area contributed by atoms with Gasteiger partial charge in [-0.05, 0) is 72.2 Å². The van der Waals surface area contributed by atoms with Gasteiger partial charge in [-0.2, -0.15) is 0 Å². The van der Waals surface area contributed by atoms with Crippen LogP contribution >= 0.6 is 0 Å². The summed E-state index contributed by atoms with van der Waals surface area (Å²) in [6.45, 7) is 1.78. The molecule has 4 aromatic carbocycles. The number of anilines is 1. The molecule has 0 radical (unpaired) electrons. The molecule has 2 fully saturated rings. The molecule has 0 unspecified atom stereocenters. The van der Waals surface area contributed by atoms with Crippen LogP contribution in [0.4, 0.5) is 11.4 Å². The number of aromatic hydroxyl groups is 1. The Morgan fingerprint density at radius 1 is 0.840 bits per heavy atom. The fraction of sp³-hybridized carbons (Fsp3) is 0.220. The number of fused-ring (bicyclic) bond motifs is 4. The van der Waals surface area contributed by atoms with Crippen molar-refractivity contribution in [2.24, 2.45) is 23.7 Å². The molecule has 4 aromatic rings. The number of nitro groups is 1. The number of phenols is 1. The lowest BCUT2D eigenvalue weighted by atomic mass is 9.44. The molecule has 0 bridgehead atoms. The van der Waals surface area contributed by atoms with Crippen LogP contribution in [0.15, 0.2) is 121 Å². The summed E-state index contributed by atoms with van der Waals surface area (Å²) in [6.07, 6.45) is 3.88. The zero-order valence-corrected chi connectivity index (χ0v) is 27.1. The molecule has 6 atom stereocenters. The number of hydrogen-bond donors (Lipinski definition) is 1. The molecule has 4 aliphatic rings. The van der Waals surface area contributed by atoms with E-state index < -0.39 is 51.7 Å². The number of hydrogen-bond acceptors (Lipinski definition) is 7. The number of phenolic OH excluding ortho intramolecular Hbond substituents is 1. The van der Waals surface area contributed by atoms with E-state index in [1.54, 1.807) is 31.2 Å². The number of nitrogens with zero attached hydrogens (tertiary/aromatic N) is 2. The van der Waals surface area contributed by atoms with E-state index in [9.17, 15) is 29.6 Å². The first kappa shape index (κ1) is 31.3. The lowest BCUT2D eigenvalue weighted by Crippen LogP contribution is -2.58. The topological polar surface area (TPSA) is 135 Å². The third kappa shape index (κ3) is 4.46. The number of carbonyl (C=O) groups is 4. The summed E-state index contributed by atoms with van der Waals surface area (Å²) in [6, 6.07) is 29.0. The normalized spacial score (nSPS) is 27.2. The first-order valence-corrected chi connectivity index (χ1v) is 16.7. The standard InChI is InChI=1S/C41H32N2O7/c1-23-20-25(12-19-34(23)44)37-29-17-18-30-36(40(48)42(39(30)47)27-13-15-28(16-14-27)43(49)50)32(29)21-33-38(46)31(24-8-4-2-5-9-24)22-35(45)41(33,37)26-10-6-3-7-11-26/h2-17,19-20,22,30,32-33,36-37,44H,18,21H2,1H3/t30-,32+,33-,36-,37-,41-/m0/s1. The van der Waals surface area contributed by atoms with Crippen LogP contribution < -0.4 is 4.90 Å². The van der Waals surface area contributed by atoms with Crippen molar-refractivity contribution in [1.29, 1.82) is 0 Å². The number of rotatable bonds is 5. The van der Waals surface area contributed by atoms with Crippen LogP contribution in [0.25, 0.3) is 5.57 Å². The number of carbonyl (C=O) groups excluding carboxylic acids is 4. The van der Waals surface area contributed by atoms with Gasteiger partial charge in [-0.15, -0.1) is 0 Å². The molecular weight excluding hydrogens is 632 g/mol. The molecule has 1 aliphatic heterocycles. The monoisotopic (exact) mass is 664 g/mol. The highest BCUT2D eigenvalue weighted by molar-refractivity contribution is 6.32. The minimum absolute atomic E-state index is 0.0942.